The zero-order chi connectivity index (χ0) is 14.3. The summed E-state index contributed by atoms with van der Waals surface area (Å²) >= 11 is 0. The molecule has 0 radical (unpaired) electrons. The zero-order valence-corrected chi connectivity index (χ0v) is 11.9. The Morgan fingerprint density at radius 2 is 1.89 bits per heavy atom. The Morgan fingerprint density at radius 3 is 2.37 bits per heavy atom. The van der Waals surface area contributed by atoms with Crippen LogP contribution in [0.3, 0.4) is 0 Å². The number of benzene rings is 1. The van der Waals surface area contributed by atoms with Crippen LogP contribution < -0.4 is 5.32 Å². The molecule has 0 bridgehead atoms. The van der Waals surface area contributed by atoms with Gasteiger partial charge in [0.15, 0.2) is 0 Å². The molecule has 3 nitrogen and oxygen atoms in total. The standard InChI is InChI=1S/C16H22N2O/c1-4-16(3,5-2)18-15(19)14(12-17)11-13-9-7-6-8-10-13/h6-10,14H,4-5,11H2,1-3H3,(H,18,19). The molecule has 0 spiro atoms. The first-order chi connectivity index (χ1) is 9.04. The van der Waals surface area contributed by atoms with E-state index in [1.165, 1.54) is 0 Å². The second-order valence-corrected chi connectivity index (χ2v) is 5.13. The van der Waals surface area contributed by atoms with Crippen molar-refractivity contribution in [1.29, 1.82) is 5.26 Å². The highest BCUT2D eigenvalue weighted by atomic mass is 16.2. The van der Waals surface area contributed by atoms with E-state index in [2.05, 4.69) is 11.4 Å². The highest BCUT2D eigenvalue weighted by Crippen LogP contribution is 2.16. The van der Waals surface area contributed by atoms with Crippen LogP contribution in [-0.2, 0) is 11.2 Å². The monoisotopic (exact) mass is 258 g/mol. The number of nitriles is 1. The average molecular weight is 258 g/mol. The maximum atomic E-state index is 12.2. The number of hydrogen-bond donors (Lipinski definition) is 1. The molecule has 0 aliphatic rings. The van der Waals surface area contributed by atoms with Crippen molar-refractivity contribution < 1.29 is 4.79 Å². The van der Waals surface area contributed by atoms with Crippen LogP contribution in [0, 0.1) is 17.2 Å². The topological polar surface area (TPSA) is 52.9 Å². The second kappa shape index (κ2) is 6.94. The third kappa shape index (κ3) is 4.40. The van der Waals surface area contributed by atoms with Gasteiger partial charge in [0.05, 0.1) is 6.07 Å². The maximum Gasteiger partial charge on any atom is 0.238 e. The largest absolute Gasteiger partial charge is 0.350 e. The first-order valence-corrected chi connectivity index (χ1v) is 6.80. The maximum absolute atomic E-state index is 12.2. The van der Waals surface area contributed by atoms with Gasteiger partial charge in [-0.1, -0.05) is 44.2 Å². The van der Waals surface area contributed by atoms with Gasteiger partial charge in [0.1, 0.15) is 5.92 Å². The van der Waals surface area contributed by atoms with Gasteiger partial charge in [0.25, 0.3) is 0 Å². The van der Waals surface area contributed by atoms with E-state index in [9.17, 15) is 10.1 Å². The van der Waals surface area contributed by atoms with Crippen molar-refractivity contribution in [3.8, 4) is 6.07 Å². The zero-order valence-electron chi connectivity index (χ0n) is 11.9. The Labute approximate surface area is 115 Å². The van der Waals surface area contributed by atoms with E-state index < -0.39 is 5.92 Å². The number of rotatable bonds is 6. The summed E-state index contributed by atoms with van der Waals surface area (Å²) in [5.74, 6) is -0.794. The van der Waals surface area contributed by atoms with E-state index in [0.717, 1.165) is 18.4 Å². The van der Waals surface area contributed by atoms with E-state index in [1.54, 1.807) is 0 Å². The summed E-state index contributed by atoms with van der Waals surface area (Å²) in [6.07, 6.45) is 2.18. The number of carbonyl (C=O) groups excluding carboxylic acids is 1. The van der Waals surface area contributed by atoms with Crippen LogP contribution in [0.25, 0.3) is 0 Å². The Hall–Kier alpha value is -1.82. The molecule has 3 heteroatoms. The Bertz CT molecular complexity index is 444. The molecular formula is C16H22N2O. The van der Waals surface area contributed by atoms with Crippen LogP contribution in [0.4, 0.5) is 0 Å². The number of nitrogens with one attached hydrogen (secondary N) is 1. The van der Waals surface area contributed by atoms with Crippen molar-refractivity contribution in [1.82, 2.24) is 5.32 Å². The molecule has 1 N–H and O–H groups in total. The van der Waals surface area contributed by atoms with Gasteiger partial charge in [0.2, 0.25) is 5.91 Å². The highest BCUT2D eigenvalue weighted by molar-refractivity contribution is 5.82. The molecule has 0 saturated heterocycles. The molecule has 0 aliphatic carbocycles. The van der Waals surface area contributed by atoms with E-state index in [-0.39, 0.29) is 11.4 Å². The fraction of sp³-hybridized carbons (Fsp3) is 0.500. The lowest BCUT2D eigenvalue weighted by molar-refractivity contribution is -0.125. The normalized spacial score (nSPS) is 12.5. The lowest BCUT2D eigenvalue weighted by Crippen LogP contribution is -2.47. The summed E-state index contributed by atoms with van der Waals surface area (Å²) in [4.78, 5) is 12.2. The van der Waals surface area contributed by atoms with Gasteiger partial charge < -0.3 is 5.32 Å². The van der Waals surface area contributed by atoms with Crippen molar-refractivity contribution >= 4 is 5.91 Å². The van der Waals surface area contributed by atoms with E-state index in [1.807, 2.05) is 51.1 Å². The molecule has 0 heterocycles. The number of hydrogen-bond acceptors (Lipinski definition) is 2. The van der Waals surface area contributed by atoms with Crippen molar-refractivity contribution in [3.63, 3.8) is 0 Å². The van der Waals surface area contributed by atoms with Crippen molar-refractivity contribution in [2.75, 3.05) is 0 Å². The van der Waals surface area contributed by atoms with Crippen LogP contribution in [-0.4, -0.2) is 11.4 Å². The van der Waals surface area contributed by atoms with Crippen LogP contribution in [0.2, 0.25) is 0 Å². The quantitative estimate of drug-likeness (QED) is 0.852. The summed E-state index contributed by atoms with van der Waals surface area (Å²) in [5, 5.41) is 12.2. The second-order valence-electron chi connectivity index (χ2n) is 5.13. The summed E-state index contributed by atoms with van der Waals surface area (Å²) in [6, 6.07) is 11.8. The summed E-state index contributed by atoms with van der Waals surface area (Å²) in [5.41, 5.74) is 0.793. The van der Waals surface area contributed by atoms with Gasteiger partial charge in [-0.25, -0.2) is 0 Å². The van der Waals surface area contributed by atoms with E-state index in [4.69, 9.17) is 0 Å². The molecule has 1 amide bonds. The van der Waals surface area contributed by atoms with Gasteiger partial charge in [-0.3, -0.25) is 4.79 Å². The van der Waals surface area contributed by atoms with E-state index >= 15 is 0 Å². The fourth-order valence-electron chi connectivity index (χ4n) is 1.86. The average Bonchev–Trinajstić information content (AvgIpc) is 2.45. The first kappa shape index (κ1) is 15.2. The molecule has 0 aromatic heterocycles. The SMILES string of the molecule is CCC(C)(CC)NC(=O)C(C#N)Cc1ccccc1. The molecule has 0 aliphatic heterocycles. The van der Waals surface area contributed by atoms with Gasteiger partial charge >= 0.3 is 0 Å². The predicted octanol–water partition coefficient (Wildman–Crippen LogP) is 3.06. The molecule has 0 saturated carbocycles. The van der Waals surface area contributed by atoms with Crippen LogP contribution in [0.5, 0.6) is 0 Å². The minimum absolute atomic E-state index is 0.169. The smallest absolute Gasteiger partial charge is 0.238 e. The Kier molecular flexibility index (Phi) is 5.57. The molecule has 1 rings (SSSR count). The van der Waals surface area contributed by atoms with Gasteiger partial charge in [-0.2, -0.15) is 5.26 Å². The molecule has 102 valence electrons. The molecule has 0 fully saturated rings. The third-order valence-electron chi connectivity index (χ3n) is 3.74. The lowest BCUT2D eigenvalue weighted by Gasteiger charge is -2.29. The Balaban J connectivity index is 2.71. The molecular weight excluding hydrogens is 236 g/mol. The summed E-state index contributed by atoms with van der Waals surface area (Å²) < 4.78 is 0. The Morgan fingerprint density at radius 1 is 1.32 bits per heavy atom. The molecule has 1 aromatic carbocycles. The van der Waals surface area contributed by atoms with Crippen LogP contribution in [0.15, 0.2) is 30.3 Å². The van der Waals surface area contributed by atoms with Crippen molar-refractivity contribution in [2.45, 2.75) is 45.6 Å². The summed E-state index contributed by atoms with van der Waals surface area (Å²) in [6.45, 7) is 6.10. The predicted molar refractivity (Wildman–Crippen MR) is 76.4 cm³/mol. The number of nitrogens with zero attached hydrogens (tertiary/aromatic N) is 1. The van der Waals surface area contributed by atoms with Crippen LogP contribution >= 0.6 is 0 Å². The van der Waals surface area contributed by atoms with Crippen molar-refractivity contribution in [3.05, 3.63) is 35.9 Å². The molecule has 1 unspecified atom stereocenters. The fourth-order valence-corrected chi connectivity index (χ4v) is 1.86. The lowest BCUT2D eigenvalue weighted by atomic mass is 9.93. The van der Waals surface area contributed by atoms with Crippen molar-refractivity contribution in [2.24, 2.45) is 5.92 Å². The summed E-state index contributed by atoms with van der Waals surface area (Å²) in [7, 11) is 0. The minimum atomic E-state index is -0.625. The van der Waals surface area contributed by atoms with Gasteiger partial charge in [-0.05, 0) is 31.7 Å². The number of carbonyl (C=O) groups is 1. The highest BCUT2D eigenvalue weighted by Gasteiger charge is 2.26. The first-order valence-electron chi connectivity index (χ1n) is 6.80. The molecule has 1 aromatic rings. The van der Waals surface area contributed by atoms with Gasteiger partial charge in [0, 0.05) is 5.54 Å². The third-order valence-corrected chi connectivity index (χ3v) is 3.74. The number of amides is 1. The van der Waals surface area contributed by atoms with Gasteiger partial charge in [-0.15, -0.1) is 0 Å². The minimum Gasteiger partial charge on any atom is -0.350 e. The molecule has 1 atom stereocenters. The van der Waals surface area contributed by atoms with E-state index in [0.29, 0.717) is 6.42 Å². The van der Waals surface area contributed by atoms with Crippen LogP contribution in [0.1, 0.15) is 39.2 Å². The molecule has 19 heavy (non-hydrogen) atoms.